The van der Waals surface area contributed by atoms with Gasteiger partial charge in [-0.2, -0.15) is 0 Å². The Labute approximate surface area is 194 Å². The van der Waals surface area contributed by atoms with Gasteiger partial charge in [-0.05, 0) is 28.8 Å². The van der Waals surface area contributed by atoms with E-state index in [2.05, 4.69) is 25.8 Å². The van der Waals surface area contributed by atoms with Crippen molar-refractivity contribution in [3.8, 4) is 0 Å². The van der Waals surface area contributed by atoms with Gasteiger partial charge in [0.05, 0.1) is 6.54 Å². The quantitative estimate of drug-likeness (QED) is 0.521. The Morgan fingerprint density at radius 2 is 1.66 bits per heavy atom. The number of carboxylic acid groups (broad SMARTS) is 1. The van der Waals surface area contributed by atoms with Crippen molar-refractivity contribution >= 4 is 33.4 Å². The normalized spacial score (nSPS) is 15.0. The van der Waals surface area contributed by atoms with E-state index < -0.39 is 5.97 Å². The highest BCUT2D eigenvalue weighted by molar-refractivity contribution is 9.10. The Bertz CT molecular complexity index is 1120. The fourth-order valence-corrected chi connectivity index (χ4v) is 3.86. The highest BCUT2D eigenvalue weighted by atomic mass is 79.9. The number of amides is 1. The Kier molecular flexibility index (Phi) is 6.82. The zero-order valence-corrected chi connectivity index (χ0v) is 18.9. The first-order valence-electron chi connectivity index (χ1n) is 10.2. The van der Waals surface area contributed by atoms with Gasteiger partial charge >= 0.3 is 5.97 Å². The molecule has 1 fully saturated rings. The minimum atomic E-state index is -1.11. The summed E-state index contributed by atoms with van der Waals surface area (Å²) < 4.78 is 6.22. The maximum atomic E-state index is 13.1. The van der Waals surface area contributed by atoms with Crippen molar-refractivity contribution in [2.24, 2.45) is 0 Å². The molecule has 2 heterocycles. The Morgan fingerprint density at radius 1 is 1.00 bits per heavy atom. The molecule has 1 aromatic heterocycles. The van der Waals surface area contributed by atoms with Crippen LogP contribution in [0.5, 0.6) is 0 Å². The highest BCUT2D eigenvalue weighted by Gasteiger charge is 2.22. The SMILES string of the molecule is O=C(O)c1coc(CN2CCN(C(=O)/C=C(/c3ccccc3)c3ccc(Br)cc3)CC2)n1. The van der Waals surface area contributed by atoms with Crippen LogP contribution in [0.4, 0.5) is 0 Å². The summed E-state index contributed by atoms with van der Waals surface area (Å²) in [6, 6.07) is 17.8. The van der Waals surface area contributed by atoms with Crippen molar-refractivity contribution in [2.45, 2.75) is 6.54 Å². The van der Waals surface area contributed by atoms with Crippen LogP contribution in [-0.4, -0.2) is 57.9 Å². The van der Waals surface area contributed by atoms with Gasteiger partial charge < -0.3 is 14.4 Å². The molecule has 0 spiro atoms. The van der Waals surface area contributed by atoms with Crippen molar-refractivity contribution in [2.75, 3.05) is 26.2 Å². The van der Waals surface area contributed by atoms with E-state index in [1.807, 2.05) is 59.5 Å². The molecule has 7 nitrogen and oxygen atoms in total. The van der Waals surface area contributed by atoms with Gasteiger partial charge in [0.2, 0.25) is 11.8 Å². The van der Waals surface area contributed by atoms with Gasteiger partial charge in [-0.3, -0.25) is 9.69 Å². The summed E-state index contributed by atoms with van der Waals surface area (Å²) in [5.41, 5.74) is 2.75. The lowest BCUT2D eigenvalue weighted by Crippen LogP contribution is -2.47. The Morgan fingerprint density at radius 3 is 2.28 bits per heavy atom. The monoisotopic (exact) mass is 495 g/mol. The van der Waals surface area contributed by atoms with E-state index in [-0.39, 0.29) is 11.6 Å². The minimum absolute atomic E-state index is 0.0318. The molecule has 2 aromatic carbocycles. The molecule has 1 aliphatic heterocycles. The van der Waals surface area contributed by atoms with Crippen LogP contribution < -0.4 is 0 Å². The maximum Gasteiger partial charge on any atom is 0.357 e. The third-order valence-electron chi connectivity index (χ3n) is 5.32. The van der Waals surface area contributed by atoms with Crippen LogP contribution in [0.25, 0.3) is 5.57 Å². The number of aromatic nitrogens is 1. The largest absolute Gasteiger partial charge is 0.476 e. The first-order valence-corrected chi connectivity index (χ1v) is 11.0. The summed E-state index contributed by atoms with van der Waals surface area (Å²) >= 11 is 3.46. The first-order chi connectivity index (χ1) is 15.5. The fourth-order valence-electron chi connectivity index (χ4n) is 3.59. The highest BCUT2D eigenvalue weighted by Crippen LogP contribution is 2.25. The third kappa shape index (κ3) is 5.33. The van der Waals surface area contributed by atoms with Crippen LogP contribution in [0.1, 0.15) is 27.5 Å². The zero-order valence-electron chi connectivity index (χ0n) is 17.3. The molecular weight excluding hydrogens is 474 g/mol. The lowest BCUT2D eigenvalue weighted by molar-refractivity contribution is -0.127. The van der Waals surface area contributed by atoms with Crippen molar-refractivity contribution in [1.82, 2.24) is 14.8 Å². The molecule has 32 heavy (non-hydrogen) atoms. The number of carbonyl (C=O) groups excluding carboxylic acids is 1. The van der Waals surface area contributed by atoms with Crippen LogP contribution in [-0.2, 0) is 11.3 Å². The van der Waals surface area contributed by atoms with Gasteiger partial charge in [0.15, 0.2) is 5.69 Å². The smallest absolute Gasteiger partial charge is 0.357 e. The topological polar surface area (TPSA) is 86.9 Å². The molecule has 3 aromatic rings. The van der Waals surface area contributed by atoms with E-state index in [1.54, 1.807) is 6.08 Å². The second kappa shape index (κ2) is 9.93. The lowest BCUT2D eigenvalue weighted by atomic mass is 9.97. The fraction of sp³-hybridized carbons (Fsp3) is 0.208. The van der Waals surface area contributed by atoms with E-state index in [0.29, 0.717) is 38.6 Å². The summed E-state index contributed by atoms with van der Waals surface area (Å²) in [7, 11) is 0. The lowest BCUT2D eigenvalue weighted by Gasteiger charge is -2.33. The van der Waals surface area contributed by atoms with Crippen LogP contribution in [0.2, 0.25) is 0 Å². The number of aromatic carboxylic acids is 1. The molecule has 0 atom stereocenters. The standard InChI is InChI=1S/C24H22BrN3O4/c25-19-8-6-18(7-9-19)20(17-4-2-1-3-5-17)14-23(29)28-12-10-27(11-13-28)15-22-26-21(16-32-22)24(30)31/h1-9,14,16H,10-13,15H2,(H,30,31)/b20-14-. The molecule has 0 unspecified atom stereocenters. The van der Waals surface area contributed by atoms with Crippen LogP contribution >= 0.6 is 15.9 Å². The van der Waals surface area contributed by atoms with Crippen molar-refractivity contribution in [1.29, 1.82) is 0 Å². The molecule has 0 aliphatic carbocycles. The van der Waals surface area contributed by atoms with Gasteiger partial charge in [-0.25, -0.2) is 9.78 Å². The van der Waals surface area contributed by atoms with Gasteiger partial charge in [-0.15, -0.1) is 0 Å². The van der Waals surface area contributed by atoms with Gasteiger partial charge in [-0.1, -0.05) is 58.4 Å². The summed E-state index contributed by atoms with van der Waals surface area (Å²) in [5, 5.41) is 8.96. The summed E-state index contributed by atoms with van der Waals surface area (Å²) in [5.74, 6) is -0.776. The average Bonchev–Trinajstić information content (AvgIpc) is 3.28. The summed E-state index contributed by atoms with van der Waals surface area (Å²) in [6.07, 6.45) is 2.86. The van der Waals surface area contributed by atoms with E-state index in [1.165, 1.54) is 0 Å². The first kappa shape index (κ1) is 22.0. The van der Waals surface area contributed by atoms with Gasteiger partial charge in [0.25, 0.3) is 0 Å². The number of hydrogen-bond acceptors (Lipinski definition) is 5. The Balaban J connectivity index is 1.44. The van der Waals surface area contributed by atoms with Crippen LogP contribution in [0.3, 0.4) is 0 Å². The zero-order chi connectivity index (χ0) is 22.5. The summed E-state index contributed by atoms with van der Waals surface area (Å²) in [6.45, 7) is 2.88. The van der Waals surface area contributed by atoms with Crippen molar-refractivity contribution < 1.29 is 19.1 Å². The third-order valence-corrected chi connectivity index (χ3v) is 5.85. The molecule has 1 aliphatic rings. The van der Waals surface area contributed by atoms with E-state index in [0.717, 1.165) is 27.4 Å². The number of carbonyl (C=O) groups is 2. The predicted octanol–water partition coefficient (Wildman–Crippen LogP) is 3.91. The molecule has 1 saturated heterocycles. The van der Waals surface area contributed by atoms with Crippen LogP contribution in [0.15, 0.2) is 75.8 Å². The molecule has 0 bridgehead atoms. The van der Waals surface area contributed by atoms with Crippen molar-refractivity contribution in [3.63, 3.8) is 0 Å². The Hall–Kier alpha value is -3.23. The van der Waals surface area contributed by atoms with E-state index in [9.17, 15) is 9.59 Å². The number of hydrogen-bond donors (Lipinski definition) is 1. The predicted molar refractivity (Wildman–Crippen MR) is 123 cm³/mol. The minimum Gasteiger partial charge on any atom is -0.476 e. The molecule has 8 heteroatoms. The van der Waals surface area contributed by atoms with Crippen molar-refractivity contribution in [3.05, 3.63) is 94.1 Å². The number of halogens is 1. The second-order valence-corrected chi connectivity index (χ2v) is 8.38. The molecule has 0 saturated carbocycles. The molecule has 164 valence electrons. The van der Waals surface area contributed by atoms with Gasteiger partial charge in [0.1, 0.15) is 6.26 Å². The summed E-state index contributed by atoms with van der Waals surface area (Å²) in [4.78, 5) is 31.9. The number of benzene rings is 2. The number of piperazine rings is 1. The van der Waals surface area contributed by atoms with E-state index >= 15 is 0 Å². The molecule has 1 amide bonds. The van der Waals surface area contributed by atoms with E-state index in [4.69, 9.17) is 9.52 Å². The van der Waals surface area contributed by atoms with Gasteiger partial charge in [0, 0.05) is 36.7 Å². The number of rotatable bonds is 6. The molecule has 0 radical (unpaired) electrons. The number of carboxylic acids is 1. The number of nitrogens with zero attached hydrogens (tertiary/aromatic N) is 3. The molecule has 1 N–H and O–H groups in total. The van der Waals surface area contributed by atoms with Crippen LogP contribution in [0, 0.1) is 0 Å². The maximum absolute atomic E-state index is 13.1. The molecular formula is C24H22BrN3O4. The second-order valence-electron chi connectivity index (χ2n) is 7.46. The average molecular weight is 496 g/mol. The number of oxazole rings is 1. The molecule has 4 rings (SSSR count).